The summed E-state index contributed by atoms with van der Waals surface area (Å²) in [6.07, 6.45) is 4.39. The zero-order valence-corrected chi connectivity index (χ0v) is 24.7. The number of nitrogens with zero attached hydrogens (tertiary/aromatic N) is 2. The molecule has 0 saturated heterocycles. The molecular formula is C27H20N2NaO8S2+. The molecule has 0 unspecified atom stereocenters. The Morgan fingerprint density at radius 2 is 1.55 bits per heavy atom. The average molecular weight is 588 g/mol. The SMILES string of the molecule is O=S(=O)([O-])C[n+]1c(/C=C/C=C2\Oc3ccc4ccccc4c3N2CS(=O)(=O)O)oc2ccc3ccccc3c21.[Na+]. The third-order valence-corrected chi connectivity index (χ3v) is 7.44. The Morgan fingerprint density at radius 3 is 2.25 bits per heavy atom. The summed E-state index contributed by atoms with van der Waals surface area (Å²) < 4.78 is 81.7. The van der Waals surface area contributed by atoms with E-state index >= 15 is 0 Å². The second-order valence-electron chi connectivity index (χ2n) is 8.93. The van der Waals surface area contributed by atoms with E-state index < -0.39 is 32.0 Å². The Hall–Kier alpha value is -3.23. The molecule has 5 aromatic rings. The van der Waals surface area contributed by atoms with Gasteiger partial charge in [-0.15, -0.1) is 4.57 Å². The van der Waals surface area contributed by atoms with Crippen LogP contribution in [0.4, 0.5) is 5.69 Å². The molecule has 1 aliphatic heterocycles. The van der Waals surface area contributed by atoms with E-state index in [1.165, 1.54) is 27.7 Å². The smallest absolute Gasteiger partial charge is 0.743 e. The van der Waals surface area contributed by atoms with Gasteiger partial charge in [-0.25, -0.2) is 8.42 Å². The molecule has 0 aliphatic carbocycles. The molecule has 0 fully saturated rings. The molecular weight excluding hydrogens is 567 g/mol. The molecule has 10 nitrogen and oxygen atoms in total. The van der Waals surface area contributed by atoms with Gasteiger partial charge in [0.15, 0.2) is 21.7 Å². The van der Waals surface area contributed by atoms with Gasteiger partial charge in [0.2, 0.25) is 17.3 Å². The molecule has 0 saturated carbocycles. The molecule has 1 aliphatic rings. The van der Waals surface area contributed by atoms with Gasteiger partial charge in [-0.05, 0) is 41.1 Å². The van der Waals surface area contributed by atoms with Gasteiger partial charge in [-0.1, -0.05) is 54.6 Å². The minimum absolute atomic E-state index is 0. The van der Waals surface area contributed by atoms with Gasteiger partial charge < -0.3 is 13.7 Å². The first-order valence-corrected chi connectivity index (χ1v) is 14.8. The molecule has 2 heterocycles. The van der Waals surface area contributed by atoms with Gasteiger partial charge in [0.1, 0.15) is 0 Å². The fourth-order valence-corrected chi connectivity index (χ4v) is 5.94. The van der Waals surface area contributed by atoms with Crippen LogP contribution in [-0.4, -0.2) is 31.8 Å². The summed E-state index contributed by atoms with van der Waals surface area (Å²) in [5, 5.41) is 3.13. The van der Waals surface area contributed by atoms with Gasteiger partial charge >= 0.3 is 35.4 Å². The largest absolute Gasteiger partial charge is 1.00 e. The molecule has 6 rings (SSSR count). The summed E-state index contributed by atoms with van der Waals surface area (Å²) in [7, 11) is -9.12. The minimum Gasteiger partial charge on any atom is -0.743 e. The molecule has 0 spiro atoms. The number of allylic oxidation sites excluding steroid dienone is 2. The van der Waals surface area contributed by atoms with Crippen molar-refractivity contribution in [2.24, 2.45) is 0 Å². The third kappa shape index (κ3) is 5.52. The molecule has 0 atom stereocenters. The van der Waals surface area contributed by atoms with Crippen LogP contribution < -0.4 is 43.8 Å². The van der Waals surface area contributed by atoms with Crippen molar-refractivity contribution in [1.82, 2.24) is 0 Å². The molecule has 198 valence electrons. The number of ether oxygens (including phenoxy) is 1. The van der Waals surface area contributed by atoms with Gasteiger partial charge in [0.05, 0.1) is 17.1 Å². The van der Waals surface area contributed by atoms with Crippen molar-refractivity contribution in [2.75, 3.05) is 10.8 Å². The summed E-state index contributed by atoms with van der Waals surface area (Å²) in [5.41, 5.74) is 1.31. The molecule has 0 amide bonds. The number of oxazole rings is 1. The first kappa shape index (κ1) is 28.3. The molecule has 1 N–H and O–H groups in total. The summed E-state index contributed by atoms with van der Waals surface area (Å²) in [6.45, 7) is 0. The van der Waals surface area contributed by atoms with Crippen molar-refractivity contribution < 1.29 is 69.2 Å². The van der Waals surface area contributed by atoms with E-state index in [1.807, 2.05) is 48.5 Å². The number of rotatable bonds is 6. The van der Waals surface area contributed by atoms with Crippen molar-refractivity contribution in [1.29, 1.82) is 0 Å². The Kier molecular flexibility index (Phi) is 7.52. The number of benzene rings is 4. The van der Waals surface area contributed by atoms with Crippen LogP contribution in [0.15, 0.2) is 95.2 Å². The van der Waals surface area contributed by atoms with Crippen LogP contribution in [0.25, 0.3) is 38.7 Å². The summed E-state index contributed by atoms with van der Waals surface area (Å²) in [6, 6.07) is 21.7. The first-order valence-electron chi connectivity index (χ1n) is 11.7. The number of hydrogen-bond acceptors (Lipinski definition) is 8. The molecule has 40 heavy (non-hydrogen) atoms. The second-order valence-corrected chi connectivity index (χ2v) is 11.7. The fourth-order valence-electron chi connectivity index (χ4n) is 4.79. The van der Waals surface area contributed by atoms with Crippen LogP contribution in [-0.2, 0) is 26.1 Å². The van der Waals surface area contributed by atoms with Crippen LogP contribution in [0.2, 0.25) is 0 Å². The minimum atomic E-state index is -4.68. The molecule has 1 aromatic heterocycles. The predicted octanol–water partition coefficient (Wildman–Crippen LogP) is 1.13. The normalized spacial score (nSPS) is 14.8. The summed E-state index contributed by atoms with van der Waals surface area (Å²) in [5.74, 6) is -1.01. The zero-order chi connectivity index (χ0) is 27.4. The zero-order valence-electron chi connectivity index (χ0n) is 21.1. The van der Waals surface area contributed by atoms with E-state index in [0.717, 1.165) is 16.2 Å². The van der Waals surface area contributed by atoms with Crippen molar-refractivity contribution in [3.05, 3.63) is 96.7 Å². The Morgan fingerprint density at radius 1 is 0.900 bits per heavy atom. The summed E-state index contributed by atoms with van der Waals surface area (Å²) >= 11 is 0. The predicted molar refractivity (Wildman–Crippen MR) is 144 cm³/mol. The maximum atomic E-state index is 11.9. The Labute approximate surface area is 251 Å². The van der Waals surface area contributed by atoms with Crippen molar-refractivity contribution in [3.8, 4) is 5.75 Å². The monoisotopic (exact) mass is 587 g/mol. The average Bonchev–Trinajstić information content (AvgIpc) is 3.40. The van der Waals surface area contributed by atoms with Gasteiger partial charge in [-0.3, -0.25) is 9.45 Å². The molecule has 0 radical (unpaired) electrons. The van der Waals surface area contributed by atoms with E-state index in [9.17, 15) is 25.9 Å². The van der Waals surface area contributed by atoms with E-state index in [1.54, 1.807) is 24.3 Å². The maximum Gasteiger partial charge on any atom is 1.00 e. The van der Waals surface area contributed by atoms with E-state index in [4.69, 9.17) is 9.15 Å². The van der Waals surface area contributed by atoms with E-state index in [0.29, 0.717) is 27.9 Å². The van der Waals surface area contributed by atoms with Crippen LogP contribution in [0.5, 0.6) is 5.75 Å². The Bertz CT molecular complexity index is 2070. The number of hydrogen-bond donors (Lipinski definition) is 1. The van der Waals surface area contributed by atoms with E-state index in [-0.39, 0.29) is 41.3 Å². The fraction of sp³-hybridized carbons (Fsp3) is 0.0741. The number of aromatic nitrogens is 1. The molecule has 0 bridgehead atoms. The summed E-state index contributed by atoms with van der Waals surface area (Å²) in [4.78, 5) is 1.33. The Balaban J connectivity index is 0.00000323. The molecule has 13 heteroatoms. The quantitative estimate of drug-likeness (QED) is 0.176. The van der Waals surface area contributed by atoms with Gasteiger partial charge in [-0.2, -0.15) is 8.42 Å². The second kappa shape index (κ2) is 10.6. The van der Waals surface area contributed by atoms with E-state index in [2.05, 4.69) is 0 Å². The van der Waals surface area contributed by atoms with Gasteiger partial charge in [0.25, 0.3) is 15.6 Å². The van der Waals surface area contributed by atoms with Crippen LogP contribution in [0.1, 0.15) is 5.89 Å². The maximum absolute atomic E-state index is 11.9. The van der Waals surface area contributed by atoms with Crippen LogP contribution >= 0.6 is 0 Å². The van der Waals surface area contributed by atoms with Crippen molar-refractivity contribution in [3.63, 3.8) is 0 Å². The van der Waals surface area contributed by atoms with Crippen molar-refractivity contribution >= 4 is 64.6 Å². The van der Waals surface area contributed by atoms with Crippen LogP contribution in [0.3, 0.4) is 0 Å². The van der Waals surface area contributed by atoms with Crippen molar-refractivity contribution in [2.45, 2.75) is 5.88 Å². The third-order valence-electron chi connectivity index (χ3n) is 6.29. The molecule has 4 aromatic carbocycles. The first-order chi connectivity index (χ1) is 18.6. The number of anilines is 1. The number of fused-ring (bicyclic) bond motifs is 6. The van der Waals surface area contributed by atoms with Gasteiger partial charge in [0, 0.05) is 5.39 Å². The topological polar surface area (TPSA) is 141 Å². The van der Waals surface area contributed by atoms with Crippen LogP contribution in [0, 0.1) is 0 Å². The standard InChI is InChI=1S/C27H20N2O8S2.Na/c30-38(31,32)16-28-24(36-22-14-12-18-6-1-3-8-20(18)26(22)28)10-5-11-25-29(17-39(33,34)35)27-21-9-4-2-7-19(21)13-15-23(27)37-25;/h1-15H,16-17H2,(H-,30,31,32,33,34,35);/q;+1.